The largest absolute Gasteiger partial charge is 0.469 e. The number of nitrogens with one attached hydrogen (secondary N) is 1. The highest BCUT2D eigenvalue weighted by molar-refractivity contribution is 7.13. The Morgan fingerprint density at radius 2 is 1.96 bits per heavy atom. The highest BCUT2D eigenvalue weighted by Crippen LogP contribution is 2.25. The van der Waals surface area contributed by atoms with Crippen molar-refractivity contribution in [3.8, 4) is 0 Å². The predicted octanol–water partition coefficient (Wildman–Crippen LogP) is 4.14. The molecule has 27 heavy (non-hydrogen) atoms. The second kappa shape index (κ2) is 8.92. The lowest BCUT2D eigenvalue weighted by Gasteiger charge is -2.16. The molecule has 7 heteroatoms. The Hall–Kier alpha value is -2.51. The van der Waals surface area contributed by atoms with Gasteiger partial charge in [-0.15, -0.1) is 22.7 Å². The Morgan fingerprint density at radius 1 is 1.19 bits per heavy atom. The molecule has 0 radical (unpaired) electrons. The lowest BCUT2D eigenvalue weighted by molar-refractivity contribution is -0.141. The van der Waals surface area contributed by atoms with E-state index in [0.717, 1.165) is 15.4 Å². The number of methoxy groups -OCH3 is 1. The van der Waals surface area contributed by atoms with Crippen LogP contribution in [0.3, 0.4) is 0 Å². The average molecular weight is 401 g/mol. The van der Waals surface area contributed by atoms with E-state index in [4.69, 9.17) is 4.74 Å². The summed E-state index contributed by atoms with van der Waals surface area (Å²) < 4.78 is 4.76. The van der Waals surface area contributed by atoms with Gasteiger partial charge in [0.15, 0.2) is 0 Å². The summed E-state index contributed by atoms with van der Waals surface area (Å²) in [4.78, 5) is 30.6. The van der Waals surface area contributed by atoms with E-state index in [1.165, 1.54) is 29.8 Å². The van der Waals surface area contributed by atoms with Gasteiger partial charge in [0.05, 0.1) is 30.3 Å². The number of carbonyl (C=O) groups is 2. The molecule has 0 aliphatic heterocycles. The minimum atomic E-state index is -0.413. The molecule has 0 aliphatic rings. The Balaban J connectivity index is 1.75. The second-order valence-electron chi connectivity index (χ2n) is 6.01. The van der Waals surface area contributed by atoms with E-state index < -0.39 is 6.04 Å². The standard InChI is InChI=1S/C20H20N2O3S2/c1-13-19(27-17(21-13)11-14-7-4-3-5-8-14)20(24)22-15(12-18(23)25-2)16-9-6-10-26-16/h3-10,15H,11-12H2,1-2H3,(H,22,24). The molecule has 3 rings (SSSR count). The van der Waals surface area contributed by atoms with Crippen LogP contribution < -0.4 is 5.32 Å². The number of amides is 1. The van der Waals surface area contributed by atoms with Crippen LogP contribution in [-0.4, -0.2) is 24.0 Å². The summed E-state index contributed by atoms with van der Waals surface area (Å²) in [6, 6.07) is 13.4. The zero-order valence-corrected chi connectivity index (χ0v) is 16.7. The lowest BCUT2D eigenvalue weighted by Crippen LogP contribution is -2.29. The van der Waals surface area contributed by atoms with Gasteiger partial charge in [-0.2, -0.15) is 0 Å². The molecule has 3 aromatic rings. The molecule has 1 unspecified atom stereocenters. The van der Waals surface area contributed by atoms with E-state index in [0.29, 0.717) is 17.0 Å². The minimum absolute atomic E-state index is 0.0947. The summed E-state index contributed by atoms with van der Waals surface area (Å²) in [7, 11) is 1.35. The van der Waals surface area contributed by atoms with Crippen molar-refractivity contribution in [2.45, 2.75) is 25.8 Å². The van der Waals surface area contributed by atoms with Crippen molar-refractivity contribution < 1.29 is 14.3 Å². The summed E-state index contributed by atoms with van der Waals surface area (Å²) in [5, 5.41) is 5.77. The van der Waals surface area contributed by atoms with Crippen molar-refractivity contribution in [2.75, 3.05) is 7.11 Å². The smallest absolute Gasteiger partial charge is 0.307 e. The molecule has 1 aromatic carbocycles. The number of hydrogen-bond donors (Lipinski definition) is 1. The molecule has 1 N–H and O–H groups in total. The Labute approximate surface area is 166 Å². The number of nitrogens with zero attached hydrogens (tertiary/aromatic N) is 1. The molecule has 5 nitrogen and oxygen atoms in total. The number of thiophene rings is 1. The molecule has 0 fully saturated rings. The number of aromatic nitrogens is 1. The van der Waals surface area contributed by atoms with E-state index in [-0.39, 0.29) is 18.3 Å². The fraction of sp³-hybridized carbons (Fsp3) is 0.250. The molecule has 2 heterocycles. The summed E-state index contributed by atoms with van der Waals surface area (Å²) in [6.45, 7) is 1.83. The van der Waals surface area contributed by atoms with Gasteiger partial charge >= 0.3 is 5.97 Å². The van der Waals surface area contributed by atoms with Crippen molar-refractivity contribution in [2.24, 2.45) is 0 Å². The van der Waals surface area contributed by atoms with Crippen LogP contribution >= 0.6 is 22.7 Å². The topological polar surface area (TPSA) is 68.3 Å². The predicted molar refractivity (Wildman–Crippen MR) is 107 cm³/mol. The van der Waals surface area contributed by atoms with Gasteiger partial charge < -0.3 is 10.1 Å². The molecule has 1 amide bonds. The number of benzene rings is 1. The van der Waals surface area contributed by atoms with Gasteiger partial charge in [-0.05, 0) is 23.9 Å². The fourth-order valence-electron chi connectivity index (χ4n) is 2.70. The summed E-state index contributed by atoms with van der Waals surface area (Å²) in [6.07, 6.45) is 0.785. The zero-order valence-electron chi connectivity index (χ0n) is 15.1. The highest BCUT2D eigenvalue weighted by atomic mass is 32.1. The second-order valence-corrected chi connectivity index (χ2v) is 8.07. The number of rotatable bonds is 7. The fourth-order valence-corrected chi connectivity index (χ4v) is 4.48. The van der Waals surface area contributed by atoms with Crippen LogP contribution in [0.1, 0.15) is 43.3 Å². The average Bonchev–Trinajstić information content (AvgIpc) is 3.32. The van der Waals surface area contributed by atoms with Crippen LogP contribution in [0, 0.1) is 6.92 Å². The Bertz CT molecular complexity index is 905. The van der Waals surface area contributed by atoms with Crippen LogP contribution in [-0.2, 0) is 16.0 Å². The number of esters is 1. The van der Waals surface area contributed by atoms with Gasteiger partial charge in [0.25, 0.3) is 5.91 Å². The molecule has 2 aromatic heterocycles. The van der Waals surface area contributed by atoms with E-state index in [1.54, 1.807) is 0 Å². The summed E-state index contributed by atoms with van der Waals surface area (Å²) in [5.41, 5.74) is 1.85. The van der Waals surface area contributed by atoms with Crippen LogP contribution in [0.5, 0.6) is 0 Å². The maximum atomic E-state index is 12.8. The highest BCUT2D eigenvalue weighted by Gasteiger charge is 2.23. The third-order valence-corrected chi connectivity index (χ3v) is 6.18. The van der Waals surface area contributed by atoms with Crippen LogP contribution in [0.25, 0.3) is 0 Å². The Morgan fingerprint density at radius 3 is 2.63 bits per heavy atom. The van der Waals surface area contributed by atoms with Crippen molar-refractivity contribution in [3.63, 3.8) is 0 Å². The van der Waals surface area contributed by atoms with Gasteiger partial charge in [-0.1, -0.05) is 36.4 Å². The monoisotopic (exact) mass is 400 g/mol. The first-order valence-electron chi connectivity index (χ1n) is 8.48. The molecule has 0 bridgehead atoms. The van der Waals surface area contributed by atoms with Crippen LogP contribution in [0.15, 0.2) is 47.8 Å². The first kappa shape index (κ1) is 19.3. The van der Waals surface area contributed by atoms with Crippen molar-refractivity contribution in [1.29, 1.82) is 0 Å². The molecule has 0 saturated carbocycles. The van der Waals surface area contributed by atoms with Crippen molar-refractivity contribution >= 4 is 34.6 Å². The molecular weight excluding hydrogens is 380 g/mol. The van der Waals surface area contributed by atoms with Gasteiger partial charge in [0.1, 0.15) is 4.88 Å². The first-order valence-corrected chi connectivity index (χ1v) is 10.2. The van der Waals surface area contributed by atoms with Crippen LogP contribution in [0.2, 0.25) is 0 Å². The minimum Gasteiger partial charge on any atom is -0.469 e. The SMILES string of the molecule is COC(=O)CC(NC(=O)c1sc(Cc2ccccc2)nc1C)c1cccs1. The van der Waals surface area contributed by atoms with E-state index in [9.17, 15) is 9.59 Å². The van der Waals surface area contributed by atoms with Gasteiger partial charge in [-0.25, -0.2) is 4.98 Å². The van der Waals surface area contributed by atoms with Gasteiger partial charge in [0.2, 0.25) is 0 Å². The molecule has 140 valence electrons. The molecule has 0 spiro atoms. The third-order valence-electron chi connectivity index (χ3n) is 4.04. The summed E-state index contributed by atoms with van der Waals surface area (Å²) in [5.74, 6) is -0.578. The summed E-state index contributed by atoms with van der Waals surface area (Å²) >= 11 is 2.89. The maximum Gasteiger partial charge on any atom is 0.307 e. The number of thiazole rings is 1. The number of ether oxygens (including phenoxy) is 1. The molecule has 0 aliphatic carbocycles. The molecular formula is C20H20N2O3S2. The van der Waals surface area contributed by atoms with E-state index >= 15 is 0 Å². The number of hydrogen-bond acceptors (Lipinski definition) is 6. The molecule has 0 saturated heterocycles. The third kappa shape index (κ3) is 5.02. The normalized spacial score (nSPS) is 11.8. The Kier molecular flexibility index (Phi) is 6.36. The maximum absolute atomic E-state index is 12.8. The number of carbonyl (C=O) groups excluding carboxylic acids is 2. The van der Waals surface area contributed by atoms with E-state index in [2.05, 4.69) is 10.3 Å². The quantitative estimate of drug-likeness (QED) is 0.605. The van der Waals surface area contributed by atoms with Gasteiger partial charge in [0, 0.05) is 11.3 Å². The van der Waals surface area contributed by atoms with Gasteiger partial charge in [-0.3, -0.25) is 9.59 Å². The zero-order chi connectivity index (χ0) is 19.2. The number of aryl methyl sites for hydroxylation is 1. The van der Waals surface area contributed by atoms with E-state index in [1.807, 2.05) is 54.8 Å². The lowest BCUT2D eigenvalue weighted by atomic mass is 10.1. The van der Waals surface area contributed by atoms with Crippen molar-refractivity contribution in [1.82, 2.24) is 10.3 Å². The molecule has 1 atom stereocenters. The first-order chi connectivity index (χ1) is 13.1. The van der Waals surface area contributed by atoms with Crippen LogP contribution in [0.4, 0.5) is 0 Å². The van der Waals surface area contributed by atoms with Crippen molar-refractivity contribution in [3.05, 3.63) is 73.9 Å².